The molecule has 1 unspecified atom stereocenters. The van der Waals surface area contributed by atoms with Crippen molar-refractivity contribution < 1.29 is 29.0 Å². The summed E-state index contributed by atoms with van der Waals surface area (Å²) >= 11 is 0. The van der Waals surface area contributed by atoms with Gasteiger partial charge in [-0.15, -0.1) is 0 Å². The number of carbonyl (C=O) groups excluding carboxylic acids is 2. The van der Waals surface area contributed by atoms with Gasteiger partial charge in [0.2, 0.25) is 0 Å². The molecule has 0 radical (unpaired) electrons. The standard InChI is InChI=1S/C18H19N3O6/c1-26-15(22)10-27-14-5-4-13(12-3-2-7-19-16(12)14)20-18(25)21-8-6-11(9-21)17(23)24/h2-5,7,11H,6,8-10H2,1H3,(H,20,25)(H,23,24). The molecule has 1 aliphatic heterocycles. The second kappa shape index (κ2) is 7.90. The van der Waals surface area contributed by atoms with Gasteiger partial charge in [-0.2, -0.15) is 0 Å². The molecule has 0 saturated carbocycles. The van der Waals surface area contributed by atoms with Gasteiger partial charge in [0.1, 0.15) is 11.3 Å². The Morgan fingerprint density at radius 1 is 1.33 bits per heavy atom. The third kappa shape index (κ3) is 4.08. The summed E-state index contributed by atoms with van der Waals surface area (Å²) in [4.78, 5) is 40.6. The highest BCUT2D eigenvalue weighted by atomic mass is 16.6. The van der Waals surface area contributed by atoms with Gasteiger partial charge in [-0.1, -0.05) is 0 Å². The summed E-state index contributed by atoms with van der Waals surface area (Å²) in [6.07, 6.45) is 2.02. The highest BCUT2D eigenvalue weighted by Crippen LogP contribution is 2.30. The van der Waals surface area contributed by atoms with E-state index < -0.39 is 17.9 Å². The van der Waals surface area contributed by atoms with Crippen LogP contribution in [0.15, 0.2) is 30.5 Å². The number of ether oxygens (including phenoxy) is 2. The number of benzene rings is 1. The minimum absolute atomic E-state index is 0.178. The van der Waals surface area contributed by atoms with Crippen molar-refractivity contribution >= 4 is 34.6 Å². The fourth-order valence-corrected chi connectivity index (χ4v) is 2.91. The zero-order chi connectivity index (χ0) is 19.4. The molecule has 2 heterocycles. The first-order valence-corrected chi connectivity index (χ1v) is 8.35. The summed E-state index contributed by atoms with van der Waals surface area (Å²) < 4.78 is 10.0. The summed E-state index contributed by atoms with van der Waals surface area (Å²) in [5.41, 5.74) is 1.01. The molecular formula is C18H19N3O6. The lowest BCUT2D eigenvalue weighted by Gasteiger charge is -2.18. The summed E-state index contributed by atoms with van der Waals surface area (Å²) in [6.45, 7) is 0.315. The van der Waals surface area contributed by atoms with E-state index in [2.05, 4.69) is 15.0 Å². The molecule has 1 aromatic carbocycles. The SMILES string of the molecule is COC(=O)COc1ccc(NC(=O)N2CCC(C(=O)O)C2)c2cccnc12. The van der Waals surface area contributed by atoms with Gasteiger partial charge >= 0.3 is 18.0 Å². The maximum absolute atomic E-state index is 12.5. The summed E-state index contributed by atoms with van der Waals surface area (Å²) in [5, 5.41) is 12.5. The monoisotopic (exact) mass is 373 g/mol. The number of methoxy groups -OCH3 is 1. The van der Waals surface area contributed by atoms with E-state index in [1.165, 1.54) is 12.0 Å². The highest BCUT2D eigenvalue weighted by molar-refractivity contribution is 6.02. The van der Waals surface area contributed by atoms with Crippen LogP contribution in [0.4, 0.5) is 10.5 Å². The van der Waals surface area contributed by atoms with Crippen LogP contribution in [0, 0.1) is 5.92 Å². The Morgan fingerprint density at radius 3 is 2.85 bits per heavy atom. The van der Waals surface area contributed by atoms with E-state index in [1.807, 2.05) is 0 Å². The fourth-order valence-electron chi connectivity index (χ4n) is 2.91. The number of amides is 2. The summed E-state index contributed by atoms with van der Waals surface area (Å²) in [7, 11) is 1.27. The van der Waals surface area contributed by atoms with Gasteiger partial charge in [0.15, 0.2) is 6.61 Å². The van der Waals surface area contributed by atoms with Gasteiger partial charge in [-0.05, 0) is 30.7 Å². The number of esters is 1. The Balaban J connectivity index is 1.78. The lowest BCUT2D eigenvalue weighted by atomic mass is 10.1. The van der Waals surface area contributed by atoms with Gasteiger partial charge < -0.3 is 24.8 Å². The van der Waals surface area contributed by atoms with Crippen LogP contribution in [0.25, 0.3) is 10.9 Å². The Morgan fingerprint density at radius 2 is 2.15 bits per heavy atom. The van der Waals surface area contributed by atoms with Gasteiger partial charge in [-0.3, -0.25) is 9.78 Å². The van der Waals surface area contributed by atoms with Gasteiger partial charge in [0, 0.05) is 24.7 Å². The highest BCUT2D eigenvalue weighted by Gasteiger charge is 2.31. The molecule has 1 aliphatic rings. The predicted octanol–water partition coefficient (Wildman–Crippen LogP) is 1.72. The van der Waals surface area contributed by atoms with Crippen molar-refractivity contribution in [1.29, 1.82) is 0 Å². The molecular weight excluding hydrogens is 354 g/mol. The number of rotatable bonds is 5. The minimum Gasteiger partial charge on any atom is -0.481 e. The number of aliphatic carboxylic acids is 1. The largest absolute Gasteiger partial charge is 0.481 e. The third-order valence-corrected chi connectivity index (χ3v) is 4.37. The first-order chi connectivity index (χ1) is 13.0. The van der Waals surface area contributed by atoms with Crippen LogP contribution in [0.5, 0.6) is 5.75 Å². The molecule has 9 nitrogen and oxygen atoms in total. The van der Waals surface area contributed by atoms with Crippen LogP contribution in [0.3, 0.4) is 0 Å². The fraction of sp³-hybridized carbons (Fsp3) is 0.333. The molecule has 1 aromatic heterocycles. The van der Waals surface area contributed by atoms with E-state index in [-0.39, 0.29) is 19.2 Å². The van der Waals surface area contributed by atoms with Crippen molar-refractivity contribution in [3.8, 4) is 5.75 Å². The number of nitrogens with one attached hydrogen (secondary N) is 1. The number of carboxylic acids is 1. The minimum atomic E-state index is -0.896. The molecule has 1 atom stereocenters. The molecule has 1 fully saturated rings. The quantitative estimate of drug-likeness (QED) is 0.766. The number of fused-ring (bicyclic) bond motifs is 1. The summed E-state index contributed by atoms with van der Waals surface area (Å²) in [5.74, 6) is -1.56. The number of hydrogen-bond donors (Lipinski definition) is 2. The number of carboxylic acid groups (broad SMARTS) is 1. The molecule has 9 heteroatoms. The number of anilines is 1. The van der Waals surface area contributed by atoms with E-state index >= 15 is 0 Å². The predicted molar refractivity (Wildman–Crippen MR) is 95.6 cm³/mol. The number of urea groups is 1. The van der Waals surface area contributed by atoms with Crippen molar-refractivity contribution in [1.82, 2.24) is 9.88 Å². The van der Waals surface area contributed by atoms with Gasteiger partial charge in [0.05, 0.1) is 18.7 Å². The smallest absolute Gasteiger partial charge is 0.343 e. The molecule has 0 bridgehead atoms. The number of likely N-dealkylation sites (tertiary alicyclic amines) is 1. The number of hydrogen-bond acceptors (Lipinski definition) is 6. The maximum Gasteiger partial charge on any atom is 0.343 e. The Kier molecular flexibility index (Phi) is 5.39. The Hall–Kier alpha value is -3.36. The first kappa shape index (κ1) is 18.4. The number of carbonyl (C=O) groups is 3. The molecule has 142 valence electrons. The lowest BCUT2D eigenvalue weighted by Crippen LogP contribution is -2.33. The average molecular weight is 373 g/mol. The van der Waals surface area contributed by atoms with Crippen LogP contribution in [-0.4, -0.2) is 59.8 Å². The molecule has 3 rings (SSSR count). The van der Waals surface area contributed by atoms with Crippen molar-refractivity contribution in [2.24, 2.45) is 5.92 Å². The van der Waals surface area contributed by atoms with Crippen molar-refractivity contribution in [2.45, 2.75) is 6.42 Å². The van der Waals surface area contributed by atoms with Gasteiger partial charge in [0.25, 0.3) is 0 Å². The molecule has 27 heavy (non-hydrogen) atoms. The van der Waals surface area contributed by atoms with Crippen LogP contribution < -0.4 is 10.1 Å². The number of pyridine rings is 1. The second-order valence-electron chi connectivity index (χ2n) is 6.08. The molecule has 2 N–H and O–H groups in total. The topological polar surface area (TPSA) is 118 Å². The van der Waals surface area contributed by atoms with Crippen LogP contribution in [0.1, 0.15) is 6.42 Å². The normalized spacial score (nSPS) is 16.2. The Bertz CT molecular complexity index is 885. The molecule has 2 amide bonds. The van der Waals surface area contributed by atoms with Crippen LogP contribution in [-0.2, 0) is 14.3 Å². The van der Waals surface area contributed by atoms with E-state index in [0.29, 0.717) is 35.3 Å². The van der Waals surface area contributed by atoms with Crippen LogP contribution in [0.2, 0.25) is 0 Å². The maximum atomic E-state index is 12.5. The van der Waals surface area contributed by atoms with E-state index in [4.69, 9.17) is 9.84 Å². The van der Waals surface area contributed by atoms with Crippen LogP contribution >= 0.6 is 0 Å². The van der Waals surface area contributed by atoms with E-state index in [0.717, 1.165) is 0 Å². The third-order valence-electron chi connectivity index (χ3n) is 4.37. The molecule has 0 spiro atoms. The summed E-state index contributed by atoms with van der Waals surface area (Å²) in [6, 6.07) is 6.38. The molecule has 2 aromatic rings. The second-order valence-corrected chi connectivity index (χ2v) is 6.08. The average Bonchev–Trinajstić information content (AvgIpc) is 3.18. The van der Waals surface area contributed by atoms with Crippen molar-refractivity contribution in [2.75, 3.05) is 32.1 Å². The molecule has 1 saturated heterocycles. The number of aromatic nitrogens is 1. The zero-order valence-electron chi connectivity index (χ0n) is 14.7. The number of nitrogens with zero attached hydrogens (tertiary/aromatic N) is 2. The Labute approximate surface area is 154 Å². The van der Waals surface area contributed by atoms with E-state index in [9.17, 15) is 14.4 Å². The molecule has 0 aliphatic carbocycles. The first-order valence-electron chi connectivity index (χ1n) is 8.35. The van der Waals surface area contributed by atoms with Crippen molar-refractivity contribution in [3.63, 3.8) is 0 Å². The van der Waals surface area contributed by atoms with E-state index in [1.54, 1.807) is 30.5 Å². The zero-order valence-corrected chi connectivity index (χ0v) is 14.7. The van der Waals surface area contributed by atoms with Gasteiger partial charge in [-0.25, -0.2) is 9.59 Å². The van der Waals surface area contributed by atoms with Crippen molar-refractivity contribution in [3.05, 3.63) is 30.5 Å². The lowest BCUT2D eigenvalue weighted by molar-refractivity contribution is -0.143.